The summed E-state index contributed by atoms with van der Waals surface area (Å²) < 4.78 is 0. The Morgan fingerprint density at radius 2 is 1.81 bits per heavy atom. The number of aliphatic hydroxyl groups is 1. The maximum atomic E-state index is 11.4. The molecule has 1 N–H and O–H groups in total. The van der Waals surface area contributed by atoms with Crippen LogP contribution < -0.4 is 0 Å². The zero-order valence-electron chi connectivity index (χ0n) is 11.0. The van der Waals surface area contributed by atoms with Gasteiger partial charge in [0.25, 0.3) is 0 Å². The van der Waals surface area contributed by atoms with Crippen LogP contribution in [-0.2, 0) is 0 Å². The number of nitro benzene ring substituents is 1. The highest BCUT2D eigenvalue weighted by Crippen LogP contribution is 2.34. The molecule has 0 spiro atoms. The van der Waals surface area contributed by atoms with Gasteiger partial charge < -0.3 is 5.11 Å². The fourth-order valence-corrected chi connectivity index (χ4v) is 2.37. The van der Waals surface area contributed by atoms with E-state index in [1.54, 1.807) is 48.5 Å². The van der Waals surface area contributed by atoms with Crippen molar-refractivity contribution in [2.75, 3.05) is 0 Å². The van der Waals surface area contributed by atoms with Crippen molar-refractivity contribution >= 4 is 16.6 Å². The van der Waals surface area contributed by atoms with E-state index < -0.39 is 11.0 Å². The van der Waals surface area contributed by atoms with Gasteiger partial charge >= 0.3 is 5.69 Å². The van der Waals surface area contributed by atoms with Crippen LogP contribution in [0.5, 0.6) is 0 Å². The van der Waals surface area contributed by atoms with Crippen LogP contribution in [0, 0.1) is 10.1 Å². The minimum atomic E-state index is -1.06. The molecule has 21 heavy (non-hydrogen) atoms. The van der Waals surface area contributed by atoms with Crippen LogP contribution in [0.25, 0.3) is 10.9 Å². The van der Waals surface area contributed by atoms with Crippen LogP contribution in [0.3, 0.4) is 0 Å². The second kappa shape index (κ2) is 5.30. The van der Waals surface area contributed by atoms with Gasteiger partial charge in [-0.3, -0.25) is 10.1 Å². The zero-order chi connectivity index (χ0) is 14.8. The molecule has 0 radical (unpaired) electrons. The van der Waals surface area contributed by atoms with Gasteiger partial charge in [-0.15, -0.1) is 0 Å². The Hall–Kier alpha value is -2.79. The summed E-state index contributed by atoms with van der Waals surface area (Å²) in [6.45, 7) is 0. The molecular weight excluding hydrogens is 268 g/mol. The van der Waals surface area contributed by atoms with E-state index in [1.165, 1.54) is 6.20 Å². The van der Waals surface area contributed by atoms with Gasteiger partial charge in [0.15, 0.2) is 0 Å². The average Bonchev–Trinajstić information content (AvgIpc) is 2.53. The Morgan fingerprint density at radius 1 is 1.05 bits per heavy atom. The number of fused-ring (bicyclic) bond motifs is 1. The maximum Gasteiger partial charge on any atom is 0.301 e. The summed E-state index contributed by atoms with van der Waals surface area (Å²) in [4.78, 5) is 15.0. The van der Waals surface area contributed by atoms with Gasteiger partial charge in [-0.1, -0.05) is 42.5 Å². The first-order valence-electron chi connectivity index (χ1n) is 6.43. The first-order chi connectivity index (χ1) is 10.2. The quantitative estimate of drug-likeness (QED) is 0.590. The third-order valence-electron chi connectivity index (χ3n) is 3.37. The molecule has 1 aromatic heterocycles. The molecule has 3 rings (SSSR count). The normalized spacial score (nSPS) is 12.2. The summed E-state index contributed by atoms with van der Waals surface area (Å²) >= 11 is 0. The van der Waals surface area contributed by atoms with Crippen molar-refractivity contribution in [1.82, 2.24) is 4.98 Å². The summed E-state index contributed by atoms with van der Waals surface area (Å²) in [5, 5.41) is 22.5. The number of hydrogen-bond donors (Lipinski definition) is 1. The number of hydrogen-bond acceptors (Lipinski definition) is 4. The van der Waals surface area contributed by atoms with Crippen molar-refractivity contribution in [3.8, 4) is 0 Å². The van der Waals surface area contributed by atoms with E-state index in [1.807, 2.05) is 6.07 Å². The first kappa shape index (κ1) is 13.2. The second-order valence-electron chi connectivity index (χ2n) is 4.65. The minimum Gasteiger partial charge on any atom is -0.383 e. The molecule has 0 bridgehead atoms. The van der Waals surface area contributed by atoms with E-state index >= 15 is 0 Å². The summed E-state index contributed by atoms with van der Waals surface area (Å²) in [6.07, 6.45) is 0.451. The molecule has 1 heterocycles. The highest BCUT2D eigenvalue weighted by atomic mass is 16.6. The molecule has 3 aromatic rings. The van der Waals surface area contributed by atoms with Crippen molar-refractivity contribution in [2.24, 2.45) is 0 Å². The molecule has 104 valence electrons. The largest absolute Gasteiger partial charge is 0.383 e. The Morgan fingerprint density at radius 3 is 2.52 bits per heavy atom. The molecule has 0 aliphatic rings. The highest BCUT2D eigenvalue weighted by molar-refractivity contribution is 5.88. The standard InChI is InChI=1S/C16H12N2O3/c19-16(12-5-2-1-3-6-12)13-9-8-11-7-4-10-17-14(11)15(13)18(20)21/h1-10,16,19H. The number of rotatable bonds is 3. The van der Waals surface area contributed by atoms with Crippen LogP contribution in [0.15, 0.2) is 60.8 Å². The van der Waals surface area contributed by atoms with Gasteiger partial charge in [0.05, 0.1) is 10.5 Å². The van der Waals surface area contributed by atoms with Crippen LogP contribution in [0.2, 0.25) is 0 Å². The molecule has 0 aliphatic carbocycles. The lowest BCUT2D eigenvalue weighted by atomic mass is 9.98. The number of pyridine rings is 1. The van der Waals surface area contributed by atoms with Gasteiger partial charge in [-0.25, -0.2) is 4.98 Å². The van der Waals surface area contributed by atoms with Gasteiger partial charge in [0.1, 0.15) is 11.6 Å². The molecule has 2 aromatic carbocycles. The van der Waals surface area contributed by atoms with Crippen molar-refractivity contribution < 1.29 is 10.0 Å². The zero-order valence-corrected chi connectivity index (χ0v) is 11.0. The number of aliphatic hydroxyl groups excluding tert-OH is 1. The van der Waals surface area contributed by atoms with E-state index in [2.05, 4.69) is 4.98 Å². The molecule has 0 amide bonds. The second-order valence-corrected chi connectivity index (χ2v) is 4.65. The fraction of sp³-hybridized carbons (Fsp3) is 0.0625. The lowest BCUT2D eigenvalue weighted by Crippen LogP contribution is -2.05. The van der Waals surface area contributed by atoms with E-state index in [4.69, 9.17) is 0 Å². The van der Waals surface area contributed by atoms with Crippen LogP contribution in [0.4, 0.5) is 5.69 Å². The average molecular weight is 280 g/mol. The van der Waals surface area contributed by atoms with E-state index in [0.717, 1.165) is 0 Å². The molecule has 5 nitrogen and oxygen atoms in total. The lowest BCUT2D eigenvalue weighted by molar-refractivity contribution is -0.384. The molecule has 0 aliphatic heterocycles. The molecule has 0 fully saturated rings. The monoisotopic (exact) mass is 280 g/mol. The van der Waals surface area contributed by atoms with Crippen molar-refractivity contribution in [1.29, 1.82) is 0 Å². The van der Waals surface area contributed by atoms with Crippen molar-refractivity contribution in [2.45, 2.75) is 6.10 Å². The fourth-order valence-electron chi connectivity index (χ4n) is 2.37. The Balaban J connectivity index is 2.23. The molecule has 1 unspecified atom stereocenters. The van der Waals surface area contributed by atoms with Gasteiger partial charge in [-0.05, 0) is 17.7 Å². The van der Waals surface area contributed by atoms with Crippen molar-refractivity contribution in [3.05, 3.63) is 82.0 Å². The molecule has 0 saturated heterocycles. The summed E-state index contributed by atoms with van der Waals surface area (Å²) in [7, 11) is 0. The number of nitrogens with zero attached hydrogens (tertiary/aromatic N) is 2. The van der Waals surface area contributed by atoms with Crippen LogP contribution in [-0.4, -0.2) is 15.0 Å². The van der Waals surface area contributed by atoms with E-state index in [0.29, 0.717) is 10.9 Å². The Kier molecular flexibility index (Phi) is 3.33. The van der Waals surface area contributed by atoms with E-state index in [-0.39, 0.29) is 16.8 Å². The third kappa shape index (κ3) is 2.34. The van der Waals surface area contributed by atoms with Gasteiger partial charge in [0.2, 0.25) is 0 Å². The molecule has 5 heteroatoms. The summed E-state index contributed by atoms with van der Waals surface area (Å²) in [5.41, 5.74) is 0.993. The predicted molar refractivity (Wildman–Crippen MR) is 78.9 cm³/mol. The molecule has 0 saturated carbocycles. The summed E-state index contributed by atoms with van der Waals surface area (Å²) in [6, 6.07) is 15.7. The Labute approximate surface area is 120 Å². The third-order valence-corrected chi connectivity index (χ3v) is 3.37. The molecular formula is C16H12N2O3. The number of nitro groups is 1. The van der Waals surface area contributed by atoms with Gasteiger partial charge in [-0.2, -0.15) is 0 Å². The minimum absolute atomic E-state index is 0.149. The SMILES string of the molecule is O=[N+]([O-])c1c(C(O)c2ccccc2)ccc2cccnc12. The smallest absolute Gasteiger partial charge is 0.301 e. The van der Waals surface area contributed by atoms with Gasteiger partial charge in [0, 0.05) is 11.6 Å². The van der Waals surface area contributed by atoms with E-state index in [9.17, 15) is 15.2 Å². The maximum absolute atomic E-state index is 11.4. The Bertz CT molecular complexity index is 803. The van der Waals surface area contributed by atoms with Crippen LogP contribution >= 0.6 is 0 Å². The topological polar surface area (TPSA) is 76.3 Å². The molecule has 1 atom stereocenters. The number of aromatic nitrogens is 1. The highest BCUT2D eigenvalue weighted by Gasteiger charge is 2.25. The van der Waals surface area contributed by atoms with Crippen molar-refractivity contribution in [3.63, 3.8) is 0 Å². The predicted octanol–water partition coefficient (Wildman–Crippen LogP) is 3.22. The number of benzene rings is 2. The lowest BCUT2D eigenvalue weighted by Gasteiger charge is -2.12. The summed E-state index contributed by atoms with van der Waals surface area (Å²) in [5.74, 6) is 0. The first-order valence-corrected chi connectivity index (χ1v) is 6.43. The van der Waals surface area contributed by atoms with Crippen LogP contribution in [0.1, 0.15) is 17.2 Å².